The third-order valence-electron chi connectivity index (χ3n) is 3.43. The Bertz CT molecular complexity index is 715. The Labute approximate surface area is 163 Å². The van der Waals surface area contributed by atoms with Crippen LogP contribution in [0.5, 0.6) is 0 Å². The molecule has 0 unspecified atom stereocenters. The topological polar surface area (TPSA) is 93.7 Å². The van der Waals surface area contributed by atoms with Gasteiger partial charge < -0.3 is 20.1 Å². The summed E-state index contributed by atoms with van der Waals surface area (Å²) in [5, 5.41) is 5.70. The van der Waals surface area contributed by atoms with Gasteiger partial charge in [0.2, 0.25) is 0 Å². The Kier molecular flexibility index (Phi) is 9.76. The van der Waals surface area contributed by atoms with Crippen molar-refractivity contribution in [3.8, 4) is 12.3 Å². The summed E-state index contributed by atoms with van der Waals surface area (Å²) < 4.78 is 9.80. The summed E-state index contributed by atoms with van der Waals surface area (Å²) in [5.74, 6) is 0.801. The van der Waals surface area contributed by atoms with E-state index in [1.54, 1.807) is 26.0 Å². The molecular weight excluding hydrogens is 372 g/mol. The zero-order valence-corrected chi connectivity index (χ0v) is 16.1. The van der Waals surface area contributed by atoms with Crippen LogP contribution in [-0.4, -0.2) is 43.6 Å². The minimum Gasteiger partial charge on any atom is -0.466 e. The quantitative estimate of drug-likeness (QED) is 0.467. The van der Waals surface area contributed by atoms with E-state index in [2.05, 4.69) is 16.6 Å². The molecule has 1 atom stereocenters. The van der Waals surface area contributed by atoms with Gasteiger partial charge in [-0.15, -0.1) is 6.42 Å². The molecule has 2 N–H and O–H groups in total. The predicted molar refractivity (Wildman–Crippen MR) is 103 cm³/mol. The first-order chi connectivity index (χ1) is 12.9. The molecule has 146 valence electrons. The van der Waals surface area contributed by atoms with E-state index in [0.29, 0.717) is 12.2 Å². The highest BCUT2D eigenvalue weighted by molar-refractivity contribution is 6.34. The first-order valence-corrected chi connectivity index (χ1v) is 8.90. The number of carbonyl (C=O) groups excluding carboxylic acids is 3. The van der Waals surface area contributed by atoms with E-state index in [1.807, 2.05) is 0 Å². The highest BCUT2D eigenvalue weighted by Gasteiger charge is 2.24. The second-order valence-corrected chi connectivity index (χ2v) is 5.78. The van der Waals surface area contributed by atoms with Gasteiger partial charge in [-0.1, -0.05) is 17.5 Å². The number of esters is 2. The molecule has 1 aromatic rings. The van der Waals surface area contributed by atoms with Crippen molar-refractivity contribution in [2.24, 2.45) is 0 Å². The molecule has 0 aliphatic heterocycles. The average molecular weight is 395 g/mol. The lowest BCUT2D eigenvalue weighted by Crippen LogP contribution is -2.42. The molecule has 0 aliphatic rings. The van der Waals surface area contributed by atoms with Gasteiger partial charge in [0.25, 0.3) is 5.91 Å². The minimum atomic E-state index is -0.989. The Hall–Kier alpha value is -2.72. The SMILES string of the molecule is C#CCNc1ccc(C(=O)N[C@@H](CCC(=O)OCC)C(=O)OCC)c(Cl)c1. The van der Waals surface area contributed by atoms with E-state index >= 15 is 0 Å². The number of carbonyl (C=O) groups is 3. The van der Waals surface area contributed by atoms with Crippen molar-refractivity contribution >= 4 is 35.1 Å². The molecular formula is C19H23ClN2O5. The maximum Gasteiger partial charge on any atom is 0.328 e. The standard InChI is InChI=1S/C19H23ClN2O5/c1-4-11-21-13-7-8-14(15(20)12-13)18(24)22-16(19(25)27-6-3)9-10-17(23)26-5-2/h1,7-8,12,16,21H,5-6,9-11H2,2-3H3,(H,22,24)/t16-/m0/s1. The number of anilines is 1. The highest BCUT2D eigenvalue weighted by Crippen LogP contribution is 2.21. The Morgan fingerprint density at radius 1 is 1.22 bits per heavy atom. The van der Waals surface area contributed by atoms with Crippen LogP contribution in [0.4, 0.5) is 5.69 Å². The zero-order chi connectivity index (χ0) is 20.2. The van der Waals surface area contributed by atoms with E-state index in [0.717, 1.165) is 0 Å². The summed E-state index contributed by atoms with van der Waals surface area (Å²) in [4.78, 5) is 36.1. The van der Waals surface area contributed by atoms with Gasteiger partial charge in [0.15, 0.2) is 0 Å². The molecule has 0 aliphatic carbocycles. The summed E-state index contributed by atoms with van der Waals surface area (Å²) >= 11 is 6.15. The van der Waals surface area contributed by atoms with E-state index in [-0.39, 0.29) is 36.6 Å². The number of halogens is 1. The molecule has 0 saturated carbocycles. The van der Waals surface area contributed by atoms with Crippen molar-refractivity contribution in [1.29, 1.82) is 0 Å². The monoisotopic (exact) mass is 394 g/mol. The maximum absolute atomic E-state index is 12.5. The van der Waals surface area contributed by atoms with Crippen molar-refractivity contribution in [3.63, 3.8) is 0 Å². The molecule has 8 heteroatoms. The summed E-state index contributed by atoms with van der Waals surface area (Å²) in [6, 6.07) is 3.74. The van der Waals surface area contributed by atoms with Crippen LogP contribution in [0, 0.1) is 12.3 Å². The molecule has 0 spiro atoms. The van der Waals surface area contributed by atoms with Crippen LogP contribution in [0.25, 0.3) is 0 Å². The number of benzene rings is 1. The average Bonchev–Trinajstić information content (AvgIpc) is 2.63. The lowest BCUT2D eigenvalue weighted by Gasteiger charge is -2.17. The number of ether oxygens (including phenoxy) is 2. The van der Waals surface area contributed by atoms with Crippen molar-refractivity contribution in [2.45, 2.75) is 32.7 Å². The lowest BCUT2D eigenvalue weighted by atomic mass is 10.1. The van der Waals surface area contributed by atoms with Crippen LogP contribution >= 0.6 is 11.6 Å². The first-order valence-electron chi connectivity index (χ1n) is 8.52. The smallest absolute Gasteiger partial charge is 0.328 e. The number of amides is 1. The summed E-state index contributed by atoms with van der Waals surface area (Å²) in [6.07, 6.45) is 5.21. The molecule has 0 saturated heterocycles. The van der Waals surface area contributed by atoms with Crippen LogP contribution in [0.15, 0.2) is 18.2 Å². The Morgan fingerprint density at radius 2 is 1.93 bits per heavy atom. The third-order valence-corrected chi connectivity index (χ3v) is 3.74. The summed E-state index contributed by atoms with van der Waals surface area (Å²) in [6.45, 7) is 4.06. The normalized spacial score (nSPS) is 11.0. The number of nitrogens with one attached hydrogen (secondary N) is 2. The first kappa shape index (κ1) is 22.3. The number of rotatable bonds is 10. The molecule has 0 bridgehead atoms. The van der Waals surface area contributed by atoms with Gasteiger partial charge >= 0.3 is 11.9 Å². The van der Waals surface area contributed by atoms with Gasteiger partial charge in [0.1, 0.15) is 6.04 Å². The highest BCUT2D eigenvalue weighted by atomic mass is 35.5. The maximum atomic E-state index is 12.5. The van der Waals surface area contributed by atoms with E-state index in [4.69, 9.17) is 27.5 Å². The van der Waals surface area contributed by atoms with E-state index in [9.17, 15) is 14.4 Å². The van der Waals surface area contributed by atoms with Crippen LogP contribution in [0.2, 0.25) is 5.02 Å². The van der Waals surface area contributed by atoms with Crippen LogP contribution in [-0.2, 0) is 19.1 Å². The number of terminal acetylenes is 1. The zero-order valence-electron chi connectivity index (χ0n) is 15.3. The van der Waals surface area contributed by atoms with Gasteiger partial charge in [-0.2, -0.15) is 0 Å². The fourth-order valence-electron chi connectivity index (χ4n) is 2.19. The number of hydrogen-bond donors (Lipinski definition) is 2. The number of hydrogen-bond acceptors (Lipinski definition) is 6. The molecule has 7 nitrogen and oxygen atoms in total. The fraction of sp³-hybridized carbons (Fsp3) is 0.421. The molecule has 1 rings (SSSR count). The molecule has 0 fully saturated rings. The Balaban J connectivity index is 2.84. The van der Waals surface area contributed by atoms with E-state index < -0.39 is 23.9 Å². The van der Waals surface area contributed by atoms with E-state index in [1.165, 1.54) is 6.07 Å². The largest absolute Gasteiger partial charge is 0.466 e. The van der Waals surface area contributed by atoms with Crippen molar-refractivity contribution < 1.29 is 23.9 Å². The van der Waals surface area contributed by atoms with Crippen molar-refractivity contribution in [2.75, 3.05) is 25.1 Å². The molecule has 0 aromatic heterocycles. The molecule has 1 aromatic carbocycles. The fourth-order valence-corrected chi connectivity index (χ4v) is 2.45. The van der Waals surface area contributed by atoms with Crippen molar-refractivity contribution in [1.82, 2.24) is 5.32 Å². The van der Waals surface area contributed by atoms with Gasteiger partial charge in [-0.05, 0) is 38.5 Å². The summed E-state index contributed by atoms with van der Waals surface area (Å²) in [7, 11) is 0. The third kappa shape index (κ3) is 7.59. The minimum absolute atomic E-state index is 0.0275. The second kappa shape index (κ2) is 11.8. The Morgan fingerprint density at radius 3 is 2.52 bits per heavy atom. The molecule has 0 heterocycles. The van der Waals surface area contributed by atoms with Crippen LogP contribution < -0.4 is 10.6 Å². The van der Waals surface area contributed by atoms with Gasteiger partial charge in [0.05, 0.1) is 30.3 Å². The lowest BCUT2D eigenvalue weighted by molar-refractivity contribution is -0.146. The van der Waals surface area contributed by atoms with Crippen LogP contribution in [0.1, 0.15) is 37.0 Å². The van der Waals surface area contributed by atoms with Crippen molar-refractivity contribution in [3.05, 3.63) is 28.8 Å². The van der Waals surface area contributed by atoms with Gasteiger partial charge in [0, 0.05) is 12.1 Å². The van der Waals surface area contributed by atoms with Gasteiger partial charge in [-0.3, -0.25) is 9.59 Å². The second-order valence-electron chi connectivity index (χ2n) is 5.37. The molecule has 27 heavy (non-hydrogen) atoms. The predicted octanol–water partition coefficient (Wildman–Crippen LogP) is 2.39. The molecule has 1 amide bonds. The van der Waals surface area contributed by atoms with Crippen LogP contribution in [0.3, 0.4) is 0 Å². The van der Waals surface area contributed by atoms with Gasteiger partial charge in [-0.25, -0.2) is 4.79 Å². The molecule has 0 radical (unpaired) electrons. The summed E-state index contributed by atoms with van der Waals surface area (Å²) in [5.41, 5.74) is 0.854.